The van der Waals surface area contributed by atoms with Crippen LogP contribution in [0, 0.1) is 0 Å². The summed E-state index contributed by atoms with van der Waals surface area (Å²) < 4.78 is 0. The lowest BCUT2D eigenvalue weighted by Crippen LogP contribution is -2.25. The molecule has 1 aliphatic rings. The normalized spacial score (nSPS) is 17.4. The van der Waals surface area contributed by atoms with Crippen molar-refractivity contribution in [2.24, 2.45) is 0 Å². The van der Waals surface area contributed by atoms with Gasteiger partial charge in [-0.05, 0) is 24.3 Å². The maximum atomic E-state index is 6.19. The molecule has 0 aromatic carbocycles. The molecule has 2 aromatic heterocycles. The van der Waals surface area contributed by atoms with Crippen molar-refractivity contribution in [3.8, 4) is 0 Å². The van der Waals surface area contributed by atoms with Gasteiger partial charge in [0.2, 0.25) is 5.95 Å². The molecule has 0 N–H and O–H groups in total. The predicted molar refractivity (Wildman–Crippen MR) is 73.1 cm³/mol. The van der Waals surface area contributed by atoms with Crippen molar-refractivity contribution in [3.63, 3.8) is 0 Å². The fraction of sp³-hybridized carbons (Fsp3) is 0.500. The van der Waals surface area contributed by atoms with Crippen molar-refractivity contribution in [2.75, 3.05) is 18.0 Å². The second kappa shape index (κ2) is 4.78. The Hall–Kier alpha value is -0.870. The number of rotatable bonds is 1. The fourth-order valence-corrected chi connectivity index (χ4v) is 3.26. The summed E-state index contributed by atoms with van der Waals surface area (Å²) in [5, 5.41) is 3.56. The van der Waals surface area contributed by atoms with E-state index in [2.05, 4.69) is 14.9 Å². The summed E-state index contributed by atoms with van der Waals surface area (Å²) in [4.78, 5) is 12.3. The van der Waals surface area contributed by atoms with Crippen LogP contribution in [0.1, 0.15) is 25.7 Å². The van der Waals surface area contributed by atoms with Gasteiger partial charge in [-0.2, -0.15) is 0 Å². The van der Waals surface area contributed by atoms with Crippen LogP contribution < -0.4 is 4.90 Å². The highest BCUT2D eigenvalue weighted by molar-refractivity contribution is 7.16. The molecular weight excluding hydrogens is 254 g/mol. The SMILES string of the molecule is Clc1nc(N2CCCCCC2)nc2sccc12. The van der Waals surface area contributed by atoms with E-state index in [1.165, 1.54) is 25.7 Å². The van der Waals surface area contributed by atoms with Gasteiger partial charge in [-0.15, -0.1) is 11.3 Å². The van der Waals surface area contributed by atoms with E-state index in [1.807, 2.05) is 11.4 Å². The maximum Gasteiger partial charge on any atom is 0.228 e. The van der Waals surface area contributed by atoms with E-state index in [1.54, 1.807) is 11.3 Å². The Labute approximate surface area is 109 Å². The van der Waals surface area contributed by atoms with Gasteiger partial charge in [0.1, 0.15) is 9.98 Å². The first kappa shape index (κ1) is 11.2. The Kier molecular flexibility index (Phi) is 3.16. The molecule has 1 saturated heterocycles. The predicted octanol–water partition coefficient (Wildman–Crippen LogP) is 3.73. The summed E-state index contributed by atoms with van der Waals surface area (Å²) >= 11 is 7.82. The van der Waals surface area contributed by atoms with Gasteiger partial charge < -0.3 is 4.90 Å². The number of nitrogens with zero attached hydrogens (tertiary/aromatic N) is 3. The third-order valence-electron chi connectivity index (χ3n) is 3.16. The van der Waals surface area contributed by atoms with Crippen molar-refractivity contribution in [3.05, 3.63) is 16.6 Å². The van der Waals surface area contributed by atoms with Crippen LogP contribution >= 0.6 is 22.9 Å². The average Bonchev–Trinajstić information content (AvgIpc) is 2.63. The maximum absolute atomic E-state index is 6.19. The van der Waals surface area contributed by atoms with Gasteiger partial charge in [-0.3, -0.25) is 0 Å². The Morgan fingerprint density at radius 2 is 1.88 bits per heavy atom. The van der Waals surface area contributed by atoms with Crippen LogP contribution in [-0.4, -0.2) is 23.1 Å². The van der Waals surface area contributed by atoms with Gasteiger partial charge in [0.25, 0.3) is 0 Å². The van der Waals surface area contributed by atoms with E-state index >= 15 is 0 Å². The van der Waals surface area contributed by atoms with Crippen LogP contribution in [0.5, 0.6) is 0 Å². The number of anilines is 1. The highest BCUT2D eigenvalue weighted by Gasteiger charge is 2.15. The van der Waals surface area contributed by atoms with Crippen LogP contribution in [-0.2, 0) is 0 Å². The van der Waals surface area contributed by atoms with Gasteiger partial charge >= 0.3 is 0 Å². The van der Waals surface area contributed by atoms with E-state index in [4.69, 9.17) is 11.6 Å². The summed E-state index contributed by atoms with van der Waals surface area (Å²) in [5.74, 6) is 0.798. The molecule has 0 bridgehead atoms. The van der Waals surface area contributed by atoms with Crippen molar-refractivity contribution >= 4 is 39.1 Å². The zero-order chi connectivity index (χ0) is 11.7. The summed E-state index contributed by atoms with van der Waals surface area (Å²) in [6.07, 6.45) is 5.07. The molecule has 0 radical (unpaired) electrons. The zero-order valence-corrected chi connectivity index (χ0v) is 11.1. The van der Waals surface area contributed by atoms with Crippen molar-refractivity contribution in [1.82, 2.24) is 9.97 Å². The van der Waals surface area contributed by atoms with E-state index in [0.717, 1.165) is 29.3 Å². The average molecular weight is 268 g/mol. The number of hydrogen-bond acceptors (Lipinski definition) is 4. The Balaban J connectivity index is 1.98. The number of aromatic nitrogens is 2. The zero-order valence-electron chi connectivity index (χ0n) is 9.53. The molecule has 0 unspecified atom stereocenters. The van der Waals surface area contributed by atoms with Crippen LogP contribution in [0.25, 0.3) is 10.2 Å². The molecule has 2 aromatic rings. The molecule has 0 atom stereocenters. The minimum atomic E-state index is 0.579. The van der Waals surface area contributed by atoms with Crippen molar-refractivity contribution in [1.29, 1.82) is 0 Å². The summed E-state index contributed by atoms with van der Waals surface area (Å²) in [7, 11) is 0. The highest BCUT2D eigenvalue weighted by Crippen LogP contribution is 2.28. The molecule has 1 aliphatic heterocycles. The van der Waals surface area contributed by atoms with Crippen LogP contribution in [0.2, 0.25) is 5.15 Å². The molecule has 0 amide bonds. The second-order valence-corrected chi connectivity index (χ2v) is 5.61. The second-order valence-electron chi connectivity index (χ2n) is 4.36. The fourth-order valence-electron chi connectivity index (χ4n) is 2.22. The van der Waals surface area contributed by atoms with Crippen molar-refractivity contribution in [2.45, 2.75) is 25.7 Å². The van der Waals surface area contributed by atoms with E-state index in [-0.39, 0.29) is 0 Å². The topological polar surface area (TPSA) is 29.0 Å². The lowest BCUT2D eigenvalue weighted by molar-refractivity contribution is 0.726. The van der Waals surface area contributed by atoms with Gasteiger partial charge in [-0.1, -0.05) is 24.4 Å². The van der Waals surface area contributed by atoms with Crippen LogP contribution in [0.3, 0.4) is 0 Å². The lowest BCUT2D eigenvalue weighted by Gasteiger charge is -2.20. The third kappa shape index (κ3) is 2.24. The lowest BCUT2D eigenvalue weighted by atomic mass is 10.2. The first-order valence-electron chi connectivity index (χ1n) is 6.00. The monoisotopic (exact) mass is 267 g/mol. The summed E-state index contributed by atoms with van der Waals surface area (Å²) in [6, 6.07) is 1.98. The molecule has 17 heavy (non-hydrogen) atoms. The Bertz CT molecular complexity index is 517. The minimum Gasteiger partial charge on any atom is -0.341 e. The van der Waals surface area contributed by atoms with E-state index < -0.39 is 0 Å². The van der Waals surface area contributed by atoms with Crippen molar-refractivity contribution < 1.29 is 0 Å². The summed E-state index contributed by atoms with van der Waals surface area (Å²) in [5.41, 5.74) is 0. The van der Waals surface area contributed by atoms with E-state index in [0.29, 0.717) is 5.15 Å². The molecular formula is C12H14ClN3S. The molecule has 3 heterocycles. The molecule has 90 valence electrons. The minimum absolute atomic E-state index is 0.579. The highest BCUT2D eigenvalue weighted by atomic mass is 35.5. The van der Waals surface area contributed by atoms with E-state index in [9.17, 15) is 0 Å². The van der Waals surface area contributed by atoms with Crippen LogP contribution in [0.4, 0.5) is 5.95 Å². The third-order valence-corrected chi connectivity index (χ3v) is 4.25. The Morgan fingerprint density at radius 1 is 1.12 bits per heavy atom. The number of hydrogen-bond donors (Lipinski definition) is 0. The van der Waals surface area contributed by atoms with Gasteiger partial charge in [0.15, 0.2) is 0 Å². The smallest absolute Gasteiger partial charge is 0.228 e. The molecule has 5 heteroatoms. The largest absolute Gasteiger partial charge is 0.341 e. The first-order valence-corrected chi connectivity index (χ1v) is 7.26. The molecule has 1 fully saturated rings. The summed E-state index contributed by atoms with van der Waals surface area (Å²) in [6.45, 7) is 2.10. The quantitative estimate of drug-likeness (QED) is 0.738. The first-order chi connectivity index (χ1) is 8.34. The number of fused-ring (bicyclic) bond motifs is 1. The standard InChI is InChI=1S/C12H14ClN3S/c13-10-9-5-8-17-11(9)15-12(14-10)16-6-3-1-2-4-7-16/h5,8H,1-4,6-7H2. The molecule has 0 saturated carbocycles. The van der Waals surface area contributed by atoms with Gasteiger partial charge in [0.05, 0.1) is 0 Å². The molecule has 0 spiro atoms. The van der Waals surface area contributed by atoms with Gasteiger partial charge in [0, 0.05) is 18.5 Å². The number of halogens is 1. The molecule has 3 nitrogen and oxygen atoms in total. The number of thiophene rings is 1. The van der Waals surface area contributed by atoms with Crippen LogP contribution in [0.15, 0.2) is 11.4 Å². The molecule has 0 aliphatic carbocycles. The Morgan fingerprint density at radius 3 is 2.65 bits per heavy atom. The van der Waals surface area contributed by atoms with Gasteiger partial charge in [-0.25, -0.2) is 9.97 Å². The molecule has 3 rings (SSSR count).